The van der Waals surface area contributed by atoms with Gasteiger partial charge in [0.15, 0.2) is 0 Å². The first-order valence-electron chi connectivity index (χ1n) is 3.66. The molecule has 0 aliphatic carbocycles. The Labute approximate surface area is 62.8 Å². The summed E-state index contributed by atoms with van der Waals surface area (Å²) in [5.41, 5.74) is 5.52. The molecule has 0 saturated heterocycles. The first-order chi connectivity index (χ1) is 4.66. The van der Waals surface area contributed by atoms with Gasteiger partial charge in [0.1, 0.15) is 5.82 Å². The van der Waals surface area contributed by atoms with Crippen LogP contribution in [-0.4, -0.2) is 6.21 Å². The Balaban J connectivity index is 3.82. The number of hydrogen-bond acceptors (Lipinski definition) is 2. The average molecular weight is 140 g/mol. The maximum absolute atomic E-state index is 5.52. The second-order valence-electron chi connectivity index (χ2n) is 2.56. The molecule has 0 fully saturated rings. The smallest absolute Gasteiger partial charge is 0.119 e. The molecule has 0 atom stereocenters. The lowest BCUT2D eigenvalue weighted by Gasteiger charge is -1.95. The van der Waals surface area contributed by atoms with Crippen LogP contribution in [0, 0.1) is 5.92 Å². The molecule has 58 valence electrons. The Morgan fingerprint density at radius 1 is 1.60 bits per heavy atom. The highest BCUT2D eigenvalue weighted by Crippen LogP contribution is 1.97. The van der Waals surface area contributed by atoms with Gasteiger partial charge in [0.25, 0.3) is 0 Å². The summed E-state index contributed by atoms with van der Waals surface area (Å²) in [6.45, 7) is 6.19. The van der Waals surface area contributed by atoms with Gasteiger partial charge in [0.05, 0.1) is 0 Å². The third-order valence-electron chi connectivity index (χ3n) is 0.927. The molecule has 0 spiro atoms. The van der Waals surface area contributed by atoms with Crippen LogP contribution in [0.5, 0.6) is 0 Å². The fourth-order valence-electron chi connectivity index (χ4n) is 0.581. The standard InChI is InChI=1S/C8H16N2/c1-4-5-10-8(9)6-7(2)3/h5-7H,4,9H2,1-3H3. The van der Waals surface area contributed by atoms with Crippen molar-refractivity contribution in [3.05, 3.63) is 11.9 Å². The van der Waals surface area contributed by atoms with Crippen LogP contribution in [0.25, 0.3) is 0 Å². The molecule has 0 aliphatic heterocycles. The second kappa shape index (κ2) is 5.03. The summed E-state index contributed by atoms with van der Waals surface area (Å²) >= 11 is 0. The monoisotopic (exact) mass is 140 g/mol. The summed E-state index contributed by atoms with van der Waals surface area (Å²) in [5.74, 6) is 1.10. The first-order valence-corrected chi connectivity index (χ1v) is 3.66. The van der Waals surface area contributed by atoms with Gasteiger partial charge < -0.3 is 5.73 Å². The van der Waals surface area contributed by atoms with Crippen LogP contribution in [0.3, 0.4) is 0 Å². The molecule has 10 heavy (non-hydrogen) atoms. The van der Waals surface area contributed by atoms with Crippen molar-refractivity contribution in [3.63, 3.8) is 0 Å². The third-order valence-corrected chi connectivity index (χ3v) is 0.927. The van der Waals surface area contributed by atoms with Crippen LogP contribution in [0.4, 0.5) is 0 Å². The van der Waals surface area contributed by atoms with Gasteiger partial charge >= 0.3 is 0 Å². The molecule has 0 radical (unpaired) electrons. The minimum Gasteiger partial charge on any atom is -0.384 e. The minimum atomic E-state index is 0.481. The van der Waals surface area contributed by atoms with Crippen LogP contribution >= 0.6 is 0 Å². The van der Waals surface area contributed by atoms with Gasteiger partial charge in [-0.25, -0.2) is 4.99 Å². The van der Waals surface area contributed by atoms with Crippen LogP contribution in [0.1, 0.15) is 27.2 Å². The van der Waals surface area contributed by atoms with Gasteiger partial charge in [-0.2, -0.15) is 0 Å². The van der Waals surface area contributed by atoms with E-state index in [1.54, 1.807) is 0 Å². The summed E-state index contributed by atoms with van der Waals surface area (Å²) in [7, 11) is 0. The molecular formula is C8H16N2. The van der Waals surface area contributed by atoms with E-state index in [1.165, 1.54) is 0 Å². The van der Waals surface area contributed by atoms with Crippen LogP contribution in [0.2, 0.25) is 0 Å². The molecular weight excluding hydrogens is 124 g/mol. The lowest BCUT2D eigenvalue weighted by Crippen LogP contribution is -1.96. The van der Waals surface area contributed by atoms with Gasteiger partial charge in [0.2, 0.25) is 0 Å². The fourth-order valence-corrected chi connectivity index (χ4v) is 0.581. The number of nitrogens with zero attached hydrogens (tertiary/aromatic N) is 1. The SMILES string of the molecule is CCC=NC(N)=CC(C)C. The largest absolute Gasteiger partial charge is 0.384 e. The van der Waals surface area contributed by atoms with E-state index in [0.29, 0.717) is 11.7 Å². The molecule has 0 rings (SSSR count). The van der Waals surface area contributed by atoms with Crippen molar-refractivity contribution in [2.45, 2.75) is 27.2 Å². The van der Waals surface area contributed by atoms with E-state index in [9.17, 15) is 0 Å². The van der Waals surface area contributed by atoms with Gasteiger partial charge in [0, 0.05) is 6.21 Å². The zero-order valence-corrected chi connectivity index (χ0v) is 6.96. The second-order valence-corrected chi connectivity index (χ2v) is 2.56. The lowest BCUT2D eigenvalue weighted by atomic mass is 10.2. The van der Waals surface area contributed by atoms with Crippen molar-refractivity contribution in [1.29, 1.82) is 0 Å². The molecule has 0 amide bonds. The summed E-state index contributed by atoms with van der Waals surface area (Å²) in [4.78, 5) is 4.00. The van der Waals surface area contributed by atoms with Crippen molar-refractivity contribution in [3.8, 4) is 0 Å². The van der Waals surface area contributed by atoms with Crippen LogP contribution in [-0.2, 0) is 0 Å². The molecule has 0 aliphatic rings. The molecule has 0 bridgehead atoms. The quantitative estimate of drug-likeness (QED) is 0.597. The Bertz CT molecular complexity index is 134. The van der Waals surface area contributed by atoms with Gasteiger partial charge in [-0.1, -0.05) is 20.8 Å². The van der Waals surface area contributed by atoms with E-state index in [4.69, 9.17) is 5.73 Å². The Morgan fingerprint density at radius 2 is 2.20 bits per heavy atom. The van der Waals surface area contributed by atoms with Crippen molar-refractivity contribution < 1.29 is 0 Å². The summed E-state index contributed by atoms with van der Waals surface area (Å²) in [6, 6.07) is 0. The number of allylic oxidation sites excluding steroid dienone is 1. The predicted octanol–water partition coefficient (Wildman–Crippen LogP) is 1.92. The van der Waals surface area contributed by atoms with Crippen molar-refractivity contribution in [2.75, 3.05) is 0 Å². The topological polar surface area (TPSA) is 38.4 Å². The average Bonchev–Trinajstić information content (AvgIpc) is 1.82. The molecule has 0 unspecified atom stereocenters. The van der Waals surface area contributed by atoms with Crippen LogP contribution in [0.15, 0.2) is 16.9 Å². The third kappa shape index (κ3) is 5.35. The van der Waals surface area contributed by atoms with Gasteiger partial charge in [-0.15, -0.1) is 0 Å². The maximum atomic E-state index is 5.52. The predicted molar refractivity (Wildman–Crippen MR) is 45.9 cm³/mol. The molecule has 2 heteroatoms. The van der Waals surface area contributed by atoms with E-state index < -0.39 is 0 Å². The molecule has 0 aromatic heterocycles. The molecule has 2 N–H and O–H groups in total. The summed E-state index contributed by atoms with van der Waals surface area (Å²) in [5, 5.41) is 0. The molecule has 2 nitrogen and oxygen atoms in total. The first kappa shape index (κ1) is 9.21. The van der Waals surface area contributed by atoms with Gasteiger partial charge in [-0.05, 0) is 18.4 Å². The minimum absolute atomic E-state index is 0.481. The zero-order chi connectivity index (χ0) is 7.98. The molecule has 0 aromatic carbocycles. The van der Waals surface area contributed by atoms with Crippen LogP contribution < -0.4 is 5.73 Å². The molecule has 0 heterocycles. The van der Waals surface area contributed by atoms with Gasteiger partial charge in [-0.3, -0.25) is 0 Å². The Hall–Kier alpha value is -0.790. The van der Waals surface area contributed by atoms with E-state index in [1.807, 2.05) is 19.2 Å². The van der Waals surface area contributed by atoms with E-state index in [-0.39, 0.29) is 0 Å². The molecule has 0 aromatic rings. The Kier molecular flexibility index (Phi) is 4.63. The van der Waals surface area contributed by atoms with E-state index in [2.05, 4.69) is 18.8 Å². The van der Waals surface area contributed by atoms with Crippen molar-refractivity contribution in [1.82, 2.24) is 0 Å². The molecule has 0 saturated carbocycles. The number of rotatable bonds is 3. The fraction of sp³-hybridized carbons (Fsp3) is 0.625. The summed E-state index contributed by atoms with van der Waals surface area (Å²) in [6.07, 6.45) is 4.69. The lowest BCUT2D eigenvalue weighted by molar-refractivity contribution is 0.817. The van der Waals surface area contributed by atoms with E-state index >= 15 is 0 Å². The van der Waals surface area contributed by atoms with Crippen molar-refractivity contribution in [2.24, 2.45) is 16.6 Å². The Morgan fingerprint density at radius 3 is 2.60 bits per heavy atom. The highest BCUT2D eigenvalue weighted by molar-refractivity contribution is 5.58. The summed E-state index contributed by atoms with van der Waals surface area (Å²) < 4.78 is 0. The van der Waals surface area contributed by atoms with E-state index in [0.717, 1.165) is 6.42 Å². The normalized spacial score (nSPS) is 13.4. The highest BCUT2D eigenvalue weighted by Gasteiger charge is 1.87. The zero-order valence-electron chi connectivity index (χ0n) is 6.96. The highest BCUT2D eigenvalue weighted by atomic mass is 14.9. The number of aliphatic imine (C=N–C) groups is 1. The number of nitrogens with two attached hydrogens (primary N) is 1. The maximum Gasteiger partial charge on any atom is 0.119 e. The van der Waals surface area contributed by atoms with Crippen molar-refractivity contribution >= 4 is 6.21 Å². The number of hydrogen-bond donors (Lipinski definition) is 1.